The Morgan fingerprint density at radius 3 is 1.96 bits per heavy atom. The maximum atomic E-state index is 2.55. The summed E-state index contributed by atoms with van der Waals surface area (Å²) in [6.07, 6.45) is 23.7. The molecule has 1 heterocycles. The molecule has 0 aliphatic carbocycles. The molecule has 0 atom stereocenters. The van der Waals surface area contributed by atoms with E-state index in [1.165, 1.54) is 103 Å². The molecule has 0 unspecified atom stereocenters. The Labute approximate surface area is 151 Å². The lowest BCUT2D eigenvalue weighted by Crippen LogP contribution is -2.37. The Bertz CT molecular complexity index is 395. The number of hydrogen-bond donors (Lipinski definition) is 0. The summed E-state index contributed by atoms with van der Waals surface area (Å²) in [5.41, 5.74) is 0. The molecule has 0 bridgehead atoms. The molecular weight excluding hydrogens is 292 g/mol. The van der Waals surface area contributed by atoms with E-state index in [-0.39, 0.29) is 0 Å². The fraction of sp³-hybridized carbons (Fsp3) is 0.864. The van der Waals surface area contributed by atoms with Crippen LogP contribution in [0.5, 0.6) is 0 Å². The summed E-state index contributed by atoms with van der Waals surface area (Å²) in [5, 5.41) is 0. The molecule has 0 saturated heterocycles. The second-order valence-electron chi connectivity index (χ2n) is 7.39. The topological polar surface area (TPSA) is 8.81 Å². The maximum absolute atomic E-state index is 2.55. The second kappa shape index (κ2) is 14.5. The average molecular weight is 336 g/mol. The monoisotopic (exact) mass is 335 g/mol. The number of unbranched alkanes of at least 4 members (excludes halogenated alkanes) is 10. The van der Waals surface area contributed by atoms with Gasteiger partial charge in [0.2, 0.25) is 0 Å². The van der Waals surface area contributed by atoms with E-state index >= 15 is 0 Å². The van der Waals surface area contributed by atoms with E-state index in [1.807, 2.05) is 0 Å². The first-order chi connectivity index (χ1) is 11.8. The summed E-state index contributed by atoms with van der Waals surface area (Å²) in [6.45, 7) is 9.32. The molecule has 0 radical (unpaired) electrons. The number of aryl methyl sites for hydroxylation is 2. The zero-order valence-corrected chi connectivity index (χ0v) is 16.9. The van der Waals surface area contributed by atoms with Crippen molar-refractivity contribution in [3.63, 3.8) is 0 Å². The summed E-state index contributed by atoms with van der Waals surface area (Å²) >= 11 is 0. The first-order valence-corrected chi connectivity index (χ1v) is 10.9. The van der Waals surface area contributed by atoms with E-state index in [4.69, 9.17) is 0 Å². The molecule has 2 nitrogen and oxygen atoms in total. The summed E-state index contributed by atoms with van der Waals surface area (Å²) in [7, 11) is 0. The normalized spacial score (nSPS) is 11.3. The highest BCUT2D eigenvalue weighted by molar-refractivity contribution is 4.84. The maximum Gasteiger partial charge on any atom is 0.256 e. The molecule has 24 heavy (non-hydrogen) atoms. The number of hydrogen-bond acceptors (Lipinski definition) is 0. The summed E-state index contributed by atoms with van der Waals surface area (Å²) in [6, 6.07) is 0. The van der Waals surface area contributed by atoms with Crippen molar-refractivity contribution in [2.24, 2.45) is 0 Å². The van der Waals surface area contributed by atoms with E-state index < -0.39 is 0 Å². The van der Waals surface area contributed by atoms with Crippen molar-refractivity contribution in [1.82, 2.24) is 4.57 Å². The van der Waals surface area contributed by atoms with Crippen LogP contribution in [-0.4, -0.2) is 4.57 Å². The van der Waals surface area contributed by atoms with Gasteiger partial charge in [-0.05, 0) is 32.1 Å². The van der Waals surface area contributed by atoms with Crippen molar-refractivity contribution < 1.29 is 4.57 Å². The largest absolute Gasteiger partial charge is 0.256 e. The van der Waals surface area contributed by atoms with Crippen LogP contribution in [0.15, 0.2) is 12.4 Å². The fourth-order valence-electron chi connectivity index (χ4n) is 3.50. The minimum absolute atomic E-state index is 1.21. The Morgan fingerprint density at radius 1 is 0.708 bits per heavy atom. The Morgan fingerprint density at radius 2 is 1.29 bits per heavy atom. The van der Waals surface area contributed by atoms with Crippen molar-refractivity contribution in [2.75, 3.05) is 0 Å². The number of aromatic nitrogens is 2. The Balaban J connectivity index is 2.51. The minimum atomic E-state index is 1.21. The molecule has 0 amide bonds. The summed E-state index contributed by atoms with van der Waals surface area (Å²) in [5.74, 6) is 1.58. The van der Waals surface area contributed by atoms with Crippen molar-refractivity contribution in [1.29, 1.82) is 0 Å². The third-order valence-electron chi connectivity index (χ3n) is 5.10. The highest BCUT2D eigenvalue weighted by Gasteiger charge is 2.16. The van der Waals surface area contributed by atoms with Crippen molar-refractivity contribution in [3.8, 4) is 0 Å². The van der Waals surface area contributed by atoms with Crippen LogP contribution in [-0.2, 0) is 19.5 Å². The van der Waals surface area contributed by atoms with Crippen LogP contribution in [0.2, 0.25) is 0 Å². The average Bonchev–Trinajstić information content (AvgIpc) is 2.97. The molecule has 0 saturated carbocycles. The first kappa shape index (κ1) is 21.3. The van der Waals surface area contributed by atoms with E-state index in [1.54, 1.807) is 5.82 Å². The molecule has 140 valence electrons. The third kappa shape index (κ3) is 8.89. The lowest BCUT2D eigenvalue weighted by Gasteiger charge is -2.06. The Hall–Kier alpha value is -0.790. The van der Waals surface area contributed by atoms with Gasteiger partial charge < -0.3 is 0 Å². The van der Waals surface area contributed by atoms with Gasteiger partial charge in [0.15, 0.2) is 0 Å². The van der Waals surface area contributed by atoms with Crippen LogP contribution >= 0.6 is 0 Å². The lowest BCUT2D eigenvalue weighted by molar-refractivity contribution is -0.704. The molecule has 1 aromatic rings. The van der Waals surface area contributed by atoms with Gasteiger partial charge >= 0.3 is 0 Å². The van der Waals surface area contributed by atoms with Gasteiger partial charge in [-0.2, -0.15) is 0 Å². The van der Waals surface area contributed by atoms with Crippen molar-refractivity contribution in [2.45, 2.75) is 124 Å². The summed E-state index contributed by atoms with van der Waals surface area (Å²) in [4.78, 5) is 0. The highest BCUT2D eigenvalue weighted by atomic mass is 15.1. The smallest absolute Gasteiger partial charge is 0.234 e. The van der Waals surface area contributed by atoms with Gasteiger partial charge in [-0.1, -0.05) is 72.1 Å². The fourth-order valence-corrected chi connectivity index (χ4v) is 3.50. The molecule has 0 aliphatic heterocycles. The summed E-state index contributed by atoms with van der Waals surface area (Å²) < 4.78 is 5.10. The van der Waals surface area contributed by atoms with Crippen molar-refractivity contribution in [3.05, 3.63) is 18.2 Å². The highest BCUT2D eigenvalue weighted by Crippen LogP contribution is 2.10. The van der Waals surface area contributed by atoms with Gasteiger partial charge in [0.05, 0.1) is 13.1 Å². The number of imidazole rings is 1. The van der Waals surface area contributed by atoms with Gasteiger partial charge in [0.1, 0.15) is 12.4 Å². The molecule has 0 spiro atoms. The second-order valence-corrected chi connectivity index (χ2v) is 7.39. The van der Waals surface area contributed by atoms with Gasteiger partial charge in [-0.3, -0.25) is 0 Å². The molecule has 1 aromatic heterocycles. The number of nitrogens with zero attached hydrogens (tertiary/aromatic N) is 2. The van der Waals surface area contributed by atoms with Crippen molar-refractivity contribution >= 4 is 0 Å². The van der Waals surface area contributed by atoms with E-state index in [9.17, 15) is 0 Å². The van der Waals surface area contributed by atoms with Gasteiger partial charge in [0.25, 0.3) is 5.82 Å². The lowest BCUT2D eigenvalue weighted by atomic mass is 10.1. The van der Waals surface area contributed by atoms with Crippen LogP contribution in [0.1, 0.15) is 110 Å². The molecule has 1 rings (SSSR count). The minimum Gasteiger partial charge on any atom is -0.234 e. The van der Waals surface area contributed by atoms with E-state index in [2.05, 4.69) is 42.3 Å². The SMILES string of the molecule is CCCCCCCn1cc[n+](CCCCCC)c1CCCCCC. The first-order valence-electron chi connectivity index (χ1n) is 10.9. The zero-order chi connectivity index (χ0) is 17.5. The zero-order valence-electron chi connectivity index (χ0n) is 16.9. The van der Waals surface area contributed by atoms with Gasteiger partial charge in [0, 0.05) is 6.42 Å². The standard InChI is InChI=1S/C22H43N2/c1-4-7-10-13-16-19-24-21-20-23(18-15-12-9-6-3)22(24)17-14-11-8-5-2/h20-21H,4-19H2,1-3H3/q+1. The number of rotatable bonds is 16. The van der Waals surface area contributed by atoms with Crippen LogP contribution in [0.3, 0.4) is 0 Å². The molecule has 2 heteroatoms. The van der Waals surface area contributed by atoms with E-state index in [0.717, 1.165) is 0 Å². The van der Waals surface area contributed by atoms with Crippen LogP contribution < -0.4 is 4.57 Å². The van der Waals surface area contributed by atoms with Crippen LogP contribution in [0.4, 0.5) is 0 Å². The van der Waals surface area contributed by atoms with Gasteiger partial charge in [-0.25, -0.2) is 9.13 Å². The van der Waals surface area contributed by atoms with Crippen LogP contribution in [0.25, 0.3) is 0 Å². The molecule has 0 N–H and O–H groups in total. The van der Waals surface area contributed by atoms with Gasteiger partial charge in [-0.15, -0.1) is 0 Å². The Kier molecular flexibility index (Phi) is 12.9. The molecule has 0 fully saturated rings. The predicted octanol–water partition coefficient (Wildman–Crippen LogP) is 6.45. The third-order valence-corrected chi connectivity index (χ3v) is 5.10. The van der Waals surface area contributed by atoms with E-state index in [0.29, 0.717) is 0 Å². The molecule has 0 aromatic carbocycles. The predicted molar refractivity (Wildman–Crippen MR) is 105 cm³/mol. The van der Waals surface area contributed by atoms with Crippen LogP contribution in [0, 0.1) is 0 Å². The molecule has 0 aliphatic rings. The quantitative estimate of drug-likeness (QED) is 0.242. The molecular formula is C22H43N2+.